The van der Waals surface area contributed by atoms with Gasteiger partial charge < -0.3 is 4.74 Å². The minimum Gasteiger partial charge on any atom is -0.469 e. The van der Waals surface area contributed by atoms with Gasteiger partial charge in [-0.3, -0.25) is 9.59 Å². The highest BCUT2D eigenvalue weighted by Gasteiger charge is 2.09. The van der Waals surface area contributed by atoms with Crippen molar-refractivity contribution in [3.05, 3.63) is 0 Å². The number of methoxy groups -OCH3 is 1. The summed E-state index contributed by atoms with van der Waals surface area (Å²) in [6, 6.07) is 0. The molecular weight excluding hydrogens is 180 g/mol. The minimum absolute atomic E-state index is 0.153. The molecule has 0 aromatic heterocycles. The maximum atomic E-state index is 10.7. The molecule has 0 unspecified atom stereocenters. The summed E-state index contributed by atoms with van der Waals surface area (Å²) in [7, 11) is 1.35. The summed E-state index contributed by atoms with van der Waals surface area (Å²) >= 11 is 5.14. The second-order valence-corrected chi connectivity index (χ2v) is 3.20. The third-order valence-electron chi connectivity index (χ3n) is 1.58. The zero-order valence-electron chi connectivity index (χ0n) is 7.30. The van der Waals surface area contributed by atoms with Crippen LogP contribution in [-0.2, 0) is 14.3 Å². The molecule has 0 aliphatic carbocycles. The molecule has 0 bridgehead atoms. The summed E-state index contributed by atoms with van der Waals surface area (Å²) in [5.41, 5.74) is 0. The van der Waals surface area contributed by atoms with Crippen molar-refractivity contribution >= 4 is 22.8 Å². The van der Waals surface area contributed by atoms with Crippen molar-refractivity contribution in [2.24, 2.45) is 5.92 Å². The molecule has 0 aromatic rings. The van der Waals surface area contributed by atoms with Crippen molar-refractivity contribution in [2.45, 2.75) is 26.2 Å². The molecule has 3 nitrogen and oxygen atoms in total. The number of hydrogen-bond donors (Lipinski definition) is 0. The Morgan fingerprint density at radius 3 is 2.50 bits per heavy atom. The Labute approximate surface area is 77.0 Å². The molecule has 0 spiro atoms. The highest BCUT2D eigenvalue weighted by atomic mass is 35.5. The molecular formula is C8H13ClO3. The van der Waals surface area contributed by atoms with Crippen LogP contribution in [0.3, 0.4) is 0 Å². The first-order chi connectivity index (χ1) is 5.56. The lowest BCUT2D eigenvalue weighted by Crippen LogP contribution is -2.07. The predicted molar refractivity (Wildman–Crippen MR) is 45.9 cm³/mol. The minimum atomic E-state index is -0.355. The van der Waals surface area contributed by atoms with Crippen LogP contribution in [0.25, 0.3) is 0 Å². The number of hydrogen-bond acceptors (Lipinski definition) is 3. The van der Waals surface area contributed by atoms with E-state index in [2.05, 4.69) is 4.74 Å². The normalized spacial score (nSPS) is 12.2. The van der Waals surface area contributed by atoms with Crippen LogP contribution in [0.15, 0.2) is 0 Å². The van der Waals surface area contributed by atoms with Gasteiger partial charge >= 0.3 is 5.97 Å². The predicted octanol–water partition coefficient (Wildman–Crippen LogP) is 1.73. The lowest BCUT2D eigenvalue weighted by molar-refractivity contribution is -0.141. The van der Waals surface area contributed by atoms with E-state index in [0.717, 1.165) is 0 Å². The van der Waals surface area contributed by atoms with Gasteiger partial charge in [0.1, 0.15) is 0 Å². The van der Waals surface area contributed by atoms with Crippen LogP contribution in [0.4, 0.5) is 0 Å². The monoisotopic (exact) mass is 192 g/mol. The van der Waals surface area contributed by atoms with Crippen molar-refractivity contribution < 1.29 is 14.3 Å². The molecule has 0 fully saturated rings. The van der Waals surface area contributed by atoms with E-state index in [0.29, 0.717) is 19.3 Å². The van der Waals surface area contributed by atoms with Gasteiger partial charge in [-0.1, -0.05) is 6.92 Å². The van der Waals surface area contributed by atoms with E-state index in [9.17, 15) is 9.59 Å². The Morgan fingerprint density at radius 2 is 2.08 bits per heavy atom. The summed E-state index contributed by atoms with van der Waals surface area (Å²) in [5, 5.41) is -0.355. The molecule has 0 amide bonds. The maximum absolute atomic E-state index is 10.7. The number of carbonyl (C=O) groups excluding carboxylic acids is 2. The molecule has 4 heteroatoms. The topological polar surface area (TPSA) is 43.4 Å². The van der Waals surface area contributed by atoms with E-state index in [1.807, 2.05) is 6.92 Å². The molecule has 0 saturated carbocycles. The average molecular weight is 193 g/mol. The van der Waals surface area contributed by atoms with Crippen LogP contribution in [-0.4, -0.2) is 18.3 Å². The SMILES string of the molecule is COC(=O)C[C@H](C)CCC(=O)Cl. The highest BCUT2D eigenvalue weighted by molar-refractivity contribution is 6.63. The number of carbonyl (C=O) groups is 2. The van der Waals surface area contributed by atoms with Gasteiger partial charge in [-0.15, -0.1) is 0 Å². The van der Waals surface area contributed by atoms with Gasteiger partial charge in [-0.25, -0.2) is 0 Å². The average Bonchev–Trinajstić information content (AvgIpc) is 2.00. The van der Waals surface area contributed by atoms with Crippen LogP contribution >= 0.6 is 11.6 Å². The summed E-state index contributed by atoms with van der Waals surface area (Å²) in [4.78, 5) is 21.1. The molecule has 0 rings (SSSR count). The number of esters is 1. The van der Waals surface area contributed by atoms with Crippen LogP contribution in [0.2, 0.25) is 0 Å². The molecule has 0 aromatic carbocycles. The highest BCUT2D eigenvalue weighted by Crippen LogP contribution is 2.11. The fourth-order valence-corrected chi connectivity index (χ4v) is 0.939. The van der Waals surface area contributed by atoms with Crippen molar-refractivity contribution in [1.82, 2.24) is 0 Å². The fourth-order valence-electron chi connectivity index (χ4n) is 0.830. The fraction of sp³-hybridized carbons (Fsp3) is 0.750. The summed E-state index contributed by atoms with van der Waals surface area (Å²) in [6.07, 6.45) is 1.30. The second kappa shape index (κ2) is 6.00. The lowest BCUT2D eigenvalue weighted by Gasteiger charge is -2.06. The van der Waals surface area contributed by atoms with Crippen LogP contribution in [0.1, 0.15) is 26.2 Å². The zero-order chi connectivity index (χ0) is 9.56. The molecule has 0 heterocycles. The van der Waals surface area contributed by atoms with E-state index >= 15 is 0 Å². The van der Waals surface area contributed by atoms with Gasteiger partial charge in [0.2, 0.25) is 5.24 Å². The largest absolute Gasteiger partial charge is 0.469 e. The van der Waals surface area contributed by atoms with Crippen molar-refractivity contribution in [1.29, 1.82) is 0 Å². The van der Waals surface area contributed by atoms with Gasteiger partial charge in [0.05, 0.1) is 7.11 Å². The van der Waals surface area contributed by atoms with E-state index in [-0.39, 0.29) is 17.1 Å². The zero-order valence-corrected chi connectivity index (χ0v) is 8.06. The van der Waals surface area contributed by atoms with Crippen LogP contribution in [0, 0.1) is 5.92 Å². The van der Waals surface area contributed by atoms with Gasteiger partial charge in [0.25, 0.3) is 0 Å². The van der Waals surface area contributed by atoms with Gasteiger partial charge in [0.15, 0.2) is 0 Å². The Hall–Kier alpha value is -0.570. The van der Waals surface area contributed by atoms with E-state index < -0.39 is 0 Å². The van der Waals surface area contributed by atoms with E-state index in [4.69, 9.17) is 11.6 Å². The van der Waals surface area contributed by atoms with Crippen LogP contribution in [0.5, 0.6) is 0 Å². The third kappa shape index (κ3) is 6.16. The van der Waals surface area contributed by atoms with Crippen molar-refractivity contribution in [3.63, 3.8) is 0 Å². The number of rotatable bonds is 5. The molecule has 0 aliphatic rings. The molecule has 0 saturated heterocycles. The number of ether oxygens (including phenoxy) is 1. The second-order valence-electron chi connectivity index (χ2n) is 2.78. The van der Waals surface area contributed by atoms with Gasteiger partial charge in [-0.05, 0) is 23.9 Å². The first kappa shape index (κ1) is 11.4. The molecule has 0 radical (unpaired) electrons. The Bertz CT molecular complexity index is 168. The first-order valence-electron chi connectivity index (χ1n) is 3.81. The van der Waals surface area contributed by atoms with Gasteiger partial charge in [0, 0.05) is 12.8 Å². The summed E-state index contributed by atoms with van der Waals surface area (Å²) < 4.78 is 4.47. The van der Waals surface area contributed by atoms with Crippen molar-refractivity contribution in [3.8, 4) is 0 Å². The Morgan fingerprint density at radius 1 is 1.50 bits per heavy atom. The molecule has 12 heavy (non-hydrogen) atoms. The molecule has 0 N–H and O–H groups in total. The lowest BCUT2D eigenvalue weighted by atomic mass is 10.0. The maximum Gasteiger partial charge on any atom is 0.305 e. The molecule has 0 aliphatic heterocycles. The smallest absolute Gasteiger partial charge is 0.305 e. The number of halogens is 1. The first-order valence-corrected chi connectivity index (χ1v) is 4.19. The summed E-state index contributed by atoms with van der Waals surface area (Å²) in [6.45, 7) is 1.89. The van der Waals surface area contributed by atoms with Gasteiger partial charge in [-0.2, -0.15) is 0 Å². The summed E-state index contributed by atoms with van der Waals surface area (Å²) in [5.74, 6) is -0.0929. The standard InChI is InChI=1S/C8H13ClO3/c1-6(3-4-7(9)10)5-8(11)12-2/h6H,3-5H2,1-2H3/t6-/m1/s1. The molecule has 1 atom stereocenters. The van der Waals surface area contributed by atoms with E-state index in [1.54, 1.807) is 0 Å². The van der Waals surface area contributed by atoms with Crippen molar-refractivity contribution in [2.75, 3.05) is 7.11 Å². The Balaban J connectivity index is 3.52. The third-order valence-corrected chi connectivity index (χ3v) is 1.77. The van der Waals surface area contributed by atoms with E-state index in [1.165, 1.54) is 7.11 Å². The molecule has 70 valence electrons. The van der Waals surface area contributed by atoms with Crippen LogP contribution < -0.4 is 0 Å². The quantitative estimate of drug-likeness (QED) is 0.492. The Kier molecular flexibility index (Phi) is 5.72.